The highest BCUT2D eigenvalue weighted by Crippen LogP contribution is 2.27. The molecule has 6 nitrogen and oxygen atoms in total. The second-order valence-electron chi connectivity index (χ2n) is 7.75. The SMILES string of the molecule is O=C(Nc1ccccc1)[C@H]1CCCN(C(=O)CCc2ncc(-c3c(F)cccc3F)o2)C1. The van der Waals surface area contributed by atoms with Crippen LogP contribution in [0.1, 0.15) is 25.2 Å². The lowest BCUT2D eigenvalue weighted by atomic mass is 9.96. The number of likely N-dealkylation sites (tertiary alicyclic amines) is 1. The predicted octanol–water partition coefficient (Wildman–Crippen LogP) is 4.43. The van der Waals surface area contributed by atoms with Crippen molar-refractivity contribution in [2.45, 2.75) is 25.7 Å². The molecule has 1 fully saturated rings. The van der Waals surface area contributed by atoms with E-state index in [1.807, 2.05) is 30.3 Å². The number of para-hydroxylation sites is 1. The van der Waals surface area contributed by atoms with Crippen LogP contribution in [0.4, 0.5) is 14.5 Å². The van der Waals surface area contributed by atoms with Gasteiger partial charge in [-0.15, -0.1) is 0 Å². The number of rotatable bonds is 6. The number of hydrogen-bond acceptors (Lipinski definition) is 4. The maximum absolute atomic E-state index is 13.9. The van der Waals surface area contributed by atoms with E-state index in [-0.39, 0.29) is 47.8 Å². The monoisotopic (exact) mass is 439 g/mol. The van der Waals surface area contributed by atoms with Gasteiger partial charge in [-0.1, -0.05) is 24.3 Å². The van der Waals surface area contributed by atoms with Crippen molar-refractivity contribution in [3.63, 3.8) is 0 Å². The minimum atomic E-state index is -0.739. The fraction of sp³-hybridized carbons (Fsp3) is 0.292. The van der Waals surface area contributed by atoms with Crippen LogP contribution in [0.25, 0.3) is 11.3 Å². The number of halogens is 2. The number of amides is 2. The zero-order valence-electron chi connectivity index (χ0n) is 17.4. The van der Waals surface area contributed by atoms with Crippen molar-refractivity contribution in [3.8, 4) is 11.3 Å². The molecule has 1 aliphatic rings. The predicted molar refractivity (Wildman–Crippen MR) is 115 cm³/mol. The summed E-state index contributed by atoms with van der Waals surface area (Å²) in [4.78, 5) is 31.0. The van der Waals surface area contributed by atoms with Crippen LogP contribution >= 0.6 is 0 Å². The summed E-state index contributed by atoms with van der Waals surface area (Å²) in [6.07, 6.45) is 3.05. The molecule has 1 atom stereocenters. The first-order valence-corrected chi connectivity index (χ1v) is 10.5. The molecule has 2 heterocycles. The third kappa shape index (κ3) is 5.01. The van der Waals surface area contributed by atoms with Crippen molar-refractivity contribution in [2.24, 2.45) is 5.92 Å². The molecule has 0 saturated carbocycles. The topological polar surface area (TPSA) is 75.4 Å². The van der Waals surface area contributed by atoms with Crippen molar-refractivity contribution in [2.75, 3.05) is 18.4 Å². The number of benzene rings is 2. The van der Waals surface area contributed by atoms with Gasteiger partial charge in [-0.3, -0.25) is 9.59 Å². The molecule has 2 amide bonds. The molecule has 0 radical (unpaired) electrons. The van der Waals surface area contributed by atoms with E-state index in [9.17, 15) is 18.4 Å². The van der Waals surface area contributed by atoms with Gasteiger partial charge in [0.25, 0.3) is 0 Å². The minimum absolute atomic E-state index is 0.0151. The number of aromatic nitrogens is 1. The second-order valence-corrected chi connectivity index (χ2v) is 7.75. The molecule has 1 N–H and O–H groups in total. The molecule has 2 aromatic carbocycles. The molecule has 166 valence electrons. The summed E-state index contributed by atoms with van der Waals surface area (Å²) in [5.41, 5.74) is 0.452. The van der Waals surface area contributed by atoms with Crippen LogP contribution in [0.5, 0.6) is 0 Å². The van der Waals surface area contributed by atoms with Crippen LogP contribution in [-0.4, -0.2) is 34.8 Å². The largest absolute Gasteiger partial charge is 0.441 e. The summed E-state index contributed by atoms with van der Waals surface area (Å²) in [7, 11) is 0. The smallest absolute Gasteiger partial charge is 0.229 e. The van der Waals surface area contributed by atoms with Crippen molar-refractivity contribution in [1.29, 1.82) is 0 Å². The highest BCUT2D eigenvalue weighted by Gasteiger charge is 2.28. The highest BCUT2D eigenvalue weighted by atomic mass is 19.1. The van der Waals surface area contributed by atoms with Gasteiger partial charge in [-0.25, -0.2) is 13.8 Å². The van der Waals surface area contributed by atoms with E-state index in [2.05, 4.69) is 10.3 Å². The summed E-state index contributed by atoms with van der Waals surface area (Å²) in [5.74, 6) is -1.75. The quantitative estimate of drug-likeness (QED) is 0.617. The molecule has 3 aromatic rings. The Labute approximate surface area is 184 Å². The molecule has 4 rings (SSSR count). The Morgan fingerprint density at radius 2 is 1.84 bits per heavy atom. The third-order valence-corrected chi connectivity index (χ3v) is 5.50. The van der Waals surface area contributed by atoms with Gasteiger partial charge >= 0.3 is 0 Å². The molecule has 1 aromatic heterocycles. The summed E-state index contributed by atoms with van der Waals surface area (Å²) < 4.78 is 33.3. The number of hydrogen-bond donors (Lipinski definition) is 1. The van der Waals surface area contributed by atoms with Crippen LogP contribution in [0.3, 0.4) is 0 Å². The van der Waals surface area contributed by atoms with E-state index in [4.69, 9.17) is 4.42 Å². The molecule has 1 aliphatic heterocycles. The third-order valence-electron chi connectivity index (χ3n) is 5.50. The molecule has 8 heteroatoms. The van der Waals surface area contributed by atoms with Gasteiger partial charge in [0.05, 0.1) is 17.7 Å². The molecule has 0 unspecified atom stereocenters. The van der Waals surface area contributed by atoms with Gasteiger partial charge < -0.3 is 14.6 Å². The first kappa shape index (κ1) is 21.7. The van der Waals surface area contributed by atoms with Gasteiger partial charge in [0.15, 0.2) is 11.7 Å². The van der Waals surface area contributed by atoms with Crippen LogP contribution in [-0.2, 0) is 16.0 Å². The number of nitrogens with zero attached hydrogens (tertiary/aromatic N) is 2. The zero-order valence-corrected chi connectivity index (χ0v) is 17.4. The van der Waals surface area contributed by atoms with Gasteiger partial charge in [0.2, 0.25) is 11.8 Å². The van der Waals surface area contributed by atoms with Crippen molar-refractivity contribution >= 4 is 17.5 Å². The molecule has 32 heavy (non-hydrogen) atoms. The average molecular weight is 439 g/mol. The number of nitrogens with one attached hydrogen (secondary N) is 1. The van der Waals surface area contributed by atoms with Crippen LogP contribution in [0, 0.1) is 17.6 Å². The van der Waals surface area contributed by atoms with E-state index >= 15 is 0 Å². The highest BCUT2D eigenvalue weighted by molar-refractivity contribution is 5.93. The lowest BCUT2D eigenvalue weighted by Crippen LogP contribution is -2.43. The van der Waals surface area contributed by atoms with Crippen LogP contribution in [0.2, 0.25) is 0 Å². The van der Waals surface area contributed by atoms with Gasteiger partial charge in [0.1, 0.15) is 11.6 Å². The molecule has 1 saturated heterocycles. The Morgan fingerprint density at radius 1 is 1.09 bits per heavy atom. The number of anilines is 1. The maximum atomic E-state index is 13.9. The number of aryl methyl sites for hydroxylation is 1. The number of carbonyl (C=O) groups excluding carboxylic acids is 2. The standard InChI is InChI=1S/C24H23F2N3O3/c25-18-9-4-10-19(26)23(18)20-14-27-21(32-20)11-12-22(30)29-13-5-6-16(15-29)24(31)28-17-7-2-1-3-8-17/h1-4,7-10,14,16H,5-6,11-13,15H2,(H,28,31)/t16-/m0/s1. The lowest BCUT2D eigenvalue weighted by Gasteiger charge is -2.32. The summed E-state index contributed by atoms with van der Waals surface area (Å²) >= 11 is 0. The summed E-state index contributed by atoms with van der Waals surface area (Å²) in [6.45, 7) is 0.944. The molecule has 0 spiro atoms. The van der Waals surface area contributed by atoms with Gasteiger partial charge in [-0.2, -0.15) is 0 Å². The maximum Gasteiger partial charge on any atom is 0.229 e. The van der Waals surface area contributed by atoms with Crippen molar-refractivity contribution in [3.05, 3.63) is 72.3 Å². The van der Waals surface area contributed by atoms with E-state index < -0.39 is 11.6 Å². The minimum Gasteiger partial charge on any atom is -0.441 e. The van der Waals surface area contributed by atoms with E-state index in [1.165, 1.54) is 12.3 Å². The molecule has 0 aliphatic carbocycles. The molecule has 0 bridgehead atoms. The van der Waals surface area contributed by atoms with E-state index in [0.29, 0.717) is 13.1 Å². The van der Waals surface area contributed by atoms with Crippen molar-refractivity contribution < 1.29 is 22.8 Å². The average Bonchev–Trinajstić information content (AvgIpc) is 3.26. The van der Waals surface area contributed by atoms with Crippen LogP contribution < -0.4 is 5.32 Å². The zero-order chi connectivity index (χ0) is 22.5. The Balaban J connectivity index is 1.32. The number of oxazole rings is 1. The number of carbonyl (C=O) groups is 2. The number of piperidine rings is 1. The Morgan fingerprint density at radius 3 is 2.59 bits per heavy atom. The lowest BCUT2D eigenvalue weighted by molar-refractivity contribution is -0.134. The summed E-state index contributed by atoms with van der Waals surface area (Å²) in [6, 6.07) is 12.8. The van der Waals surface area contributed by atoms with Gasteiger partial charge in [0, 0.05) is 31.6 Å². The van der Waals surface area contributed by atoms with Crippen LogP contribution in [0.15, 0.2) is 59.1 Å². The fourth-order valence-corrected chi connectivity index (χ4v) is 3.83. The van der Waals surface area contributed by atoms with E-state index in [1.54, 1.807) is 4.90 Å². The first-order chi connectivity index (χ1) is 15.5. The Kier molecular flexibility index (Phi) is 6.58. The second kappa shape index (κ2) is 9.72. The first-order valence-electron chi connectivity index (χ1n) is 10.5. The molecular formula is C24H23F2N3O3. The molecular weight excluding hydrogens is 416 g/mol. The van der Waals surface area contributed by atoms with Crippen molar-refractivity contribution in [1.82, 2.24) is 9.88 Å². The summed E-state index contributed by atoms with van der Waals surface area (Å²) in [5, 5.41) is 2.89. The Hall–Kier alpha value is -3.55. The van der Waals surface area contributed by atoms with Gasteiger partial charge in [-0.05, 0) is 37.1 Å². The normalized spacial score (nSPS) is 16.1. The van der Waals surface area contributed by atoms with E-state index in [0.717, 1.165) is 30.7 Å². The fourth-order valence-electron chi connectivity index (χ4n) is 3.83. The Bertz CT molecular complexity index is 1080.